The molecular formula is C8H15N3O2S2. The molecule has 1 aromatic rings. The Hall–Kier alpha value is -0.500. The third kappa shape index (κ3) is 3.86. The van der Waals surface area contributed by atoms with Gasteiger partial charge in [-0.15, -0.1) is 11.3 Å². The summed E-state index contributed by atoms with van der Waals surface area (Å²) in [5, 5.41) is 0.738. The zero-order valence-electron chi connectivity index (χ0n) is 8.73. The lowest BCUT2D eigenvalue weighted by Crippen LogP contribution is -2.28. The topological polar surface area (TPSA) is 85.1 Å². The van der Waals surface area contributed by atoms with Gasteiger partial charge in [0.15, 0.2) is 4.21 Å². The Labute approximate surface area is 93.8 Å². The normalized spacial score (nSPS) is 14.1. The minimum Gasteiger partial charge on any atom is -0.328 e. The molecule has 1 unspecified atom stereocenters. The largest absolute Gasteiger partial charge is 0.328 e. The third-order valence-corrected chi connectivity index (χ3v) is 4.59. The quantitative estimate of drug-likeness (QED) is 0.794. The predicted octanol–water partition coefficient (Wildman–Crippen LogP) is 0.467. The fraction of sp³-hybridized carbons (Fsp3) is 0.625. The van der Waals surface area contributed by atoms with Crippen LogP contribution in [0.1, 0.15) is 18.4 Å². The first kappa shape index (κ1) is 12.6. The van der Waals surface area contributed by atoms with Crippen LogP contribution < -0.4 is 10.5 Å². The van der Waals surface area contributed by atoms with Crippen LogP contribution in [-0.2, 0) is 10.0 Å². The van der Waals surface area contributed by atoms with Gasteiger partial charge in [0.05, 0.1) is 11.2 Å². The molecular weight excluding hydrogens is 234 g/mol. The van der Waals surface area contributed by atoms with Gasteiger partial charge in [-0.2, -0.15) is 0 Å². The molecule has 0 saturated heterocycles. The van der Waals surface area contributed by atoms with Crippen LogP contribution in [0.3, 0.4) is 0 Å². The lowest BCUT2D eigenvalue weighted by atomic mass is 10.3. The first-order valence-electron chi connectivity index (χ1n) is 4.59. The molecule has 0 aliphatic heterocycles. The predicted molar refractivity (Wildman–Crippen MR) is 60.3 cm³/mol. The van der Waals surface area contributed by atoms with E-state index in [1.165, 1.54) is 6.20 Å². The van der Waals surface area contributed by atoms with E-state index in [1.807, 2.05) is 6.92 Å². The van der Waals surface area contributed by atoms with Crippen molar-refractivity contribution in [1.82, 2.24) is 9.71 Å². The van der Waals surface area contributed by atoms with Gasteiger partial charge in [-0.1, -0.05) is 0 Å². The second kappa shape index (κ2) is 5.02. The average Bonchev–Trinajstić information content (AvgIpc) is 2.51. The SMILES string of the molecule is Cc1ncc(S(=O)(=O)NCCC(C)N)s1. The minimum absolute atomic E-state index is 0.00380. The lowest BCUT2D eigenvalue weighted by molar-refractivity contribution is 0.573. The molecule has 15 heavy (non-hydrogen) atoms. The highest BCUT2D eigenvalue weighted by Gasteiger charge is 2.16. The molecule has 1 heterocycles. The summed E-state index contributed by atoms with van der Waals surface area (Å²) in [6.45, 7) is 3.97. The summed E-state index contributed by atoms with van der Waals surface area (Å²) in [4.78, 5) is 3.90. The number of hydrogen-bond donors (Lipinski definition) is 2. The molecule has 1 aromatic heterocycles. The Bertz CT molecular complexity index is 411. The summed E-state index contributed by atoms with van der Waals surface area (Å²) >= 11 is 1.16. The van der Waals surface area contributed by atoms with Gasteiger partial charge in [-0.05, 0) is 20.3 Å². The van der Waals surface area contributed by atoms with E-state index >= 15 is 0 Å². The number of thiazole rings is 1. The summed E-state index contributed by atoms with van der Waals surface area (Å²) in [7, 11) is -3.38. The van der Waals surface area contributed by atoms with Crippen molar-refractivity contribution in [2.75, 3.05) is 6.54 Å². The summed E-state index contributed by atoms with van der Waals surface area (Å²) < 4.78 is 26.0. The molecule has 0 saturated carbocycles. The van der Waals surface area contributed by atoms with E-state index in [2.05, 4.69) is 9.71 Å². The van der Waals surface area contributed by atoms with Crippen LogP contribution in [0, 0.1) is 6.92 Å². The molecule has 0 radical (unpaired) electrons. The molecule has 5 nitrogen and oxygen atoms in total. The third-order valence-electron chi connectivity index (χ3n) is 1.76. The molecule has 0 fully saturated rings. The van der Waals surface area contributed by atoms with Crippen molar-refractivity contribution in [3.8, 4) is 0 Å². The monoisotopic (exact) mass is 249 g/mol. The maximum absolute atomic E-state index is 11.6. The van der Waals surface area contributed by atoms with Crippen molar-refractivity contribution >= 4 is 21.4 Å². The second-order valence-electron chi connectivity index (χ2n) is 3.36. The Morgan fingerprint density at radius 3 is 2.80 bits per heavy atom. The maximum atomic E-state index is 11.6. The zero-order chi connectivity index (χ0) is 11.5. The zero-order valence-corrected chi connectivity index (χ0v) is 10.4. The van der Waals surface area contributed by atoms with Crippen molar-refractivity contribution in [2.24, 2.45) is 5.73 Å². The molecule has 86 valence electrons. The molecule has 0 amide bonds. The van der Waals surface area contributed by atoms with Gasteiger partial charge in [0, 0.05) is 12.6 Å². The molecule has 0 aliphatic rings. The smallest absolute Gasteiger partial charge is 0.251 e. The van der Waals surface area contributed by atoms with Crippen LogP contribution in [0.15, 0.2) is 10.4 Å². The van der Waals surface area contributed by atoms with E-state index in [0.29, 0.717) is 13.0 Å². The molecule has 0 spiro atoms. The van der Waals surface area contributed by atoms with E-state index < -0.39 is 10.0 Å². The van der Waals surface area contributed by atoms with Crippen LogP contribution in [0.25, 0.3) is 0 Å². The van der Waals surface area contributed by atoms with Gasteiger partial charge < -0.3 is 5.73 Å². The highest BCUT2D eigenvalue weighted by atomic mass is 32.2. The standard InChI is InChI=1S/C8H15N3O2S2/c1-6(9)3-4-11-15(12,13)8-5-10-7(2)14-8/h5-6,11H,3-4,9H2,1-2H3. The average molecular weight is 249 g/mol. The maximum Gasteiger partial charge on any atom is 0.251 e. The highest BCUT2D eigenvalue weighted by Crippen LogP contribution is 2.17. The molecule has 0 aliphatic carbocycles. The van der Waals surface area contributed by atoms with Gasteiger partial charge in [0.1, 0.15) is 0 Å². The number of aromatic nitrogens is 1. The van der Waals surface area contributed by atoms with E-state index in [4.69, 9.17) is 5.73 Å². The van der Waals surface area contributed by atoms with Gasteiger partial charge in [0.25, 0.3) is 10.0 Å². The second-order valence-corrected chi connectivity index (χ2v) is 6.59. The molecule has 1 rings (SSSR count). The first-order chi connectivity index (χ1) is 6.92. The molecule has 0 bridgehead atoms. The summed E-state index contributed by atoms with van der Waals surface area (Å²) in [5.74, 6) is 0. The molecule has 1 atom stereocenters. The van der Waals surface area contributed by atoms with Crippen molar-refractivity contribution in [3.63, 3.8) is 0 Å². The van der Waals surface area contributed by atoms with E-state index in [1.54, 1.807) is 6.92 Å². The molecule has 7 heteroatoms. The number of sulfonamides is 1. The Balaban J connectivity index is 2.60. The first-order valence-corrected chi connectivity index (χ1v) is 6.89. The van der Waals surface area contributed by atoms with Crippen molar-refractivity contribution < 1.29 is 8.42 Å². The molecule has 3 N–H and O–H groups in total. The molecule has 0 aromatic carbocycles. The fourth-order valence-electron chi connectivity index (χ4n) is 0.958. The Morgan fingerprint density at radius 2 is 2.33 bits per heavy atom. The van der Waals surface area contributed by atoms with Gasteiger partial charge in [-0.3, -0.25) is 0 Å². The van der Waals surface area contributed by atoms with Crippen LogP contribution in [0.2, 0.25) is 0 Å². The van der Waals surface area contributed by atoms with Gasteiger partial charge >= 0.3 is 0 Å². The number of nitrogens with one attached hydrogen (secondary N) is 1. The van der Waals surface area contributed by atoms with Crippen LogP contribution in [-0.4, -0.2) is 26.0 Å². The van der Waals surface area contributed by atoms with E-state index in [0.717, 1.165) is 16.3 Å². The number of rotatable bonds is 5. The lowest BCUT2D eigenvalue weighted by Gasteiger charge is -2.06. The van der Waals surface area contributed by atoms with Crippen LogP contribution in [0.4, 0.5) is 0 Å². The van der Waals surface area contributed by atoms with Gasteiger partial charge in [0.2, 0.25) is 0 Å². The van der Waals surface area contributed by atoms with E-state index in [-0.39, 0.29) is 10.3 Å². The fourth-order valence-corrected chi connectivity index (χ4v) is 3.16. The summed E-state index contributed by atoms with van der Waals surface area (Å²) in [6, 6.07) is -0.00380. The van der Waals surface area contributed by atoms with E-state index in [9.17, 15) is 8.42 Å². The van der Waals surface area contributed by atoms with Crippen molar-refractivity contribution in [2.45, 2.75) is 30.5 Å². The number of nitrogens with zero attached hydrogens (tertiary/aromatic N) is 1. The van der Waals surface area contributed by atoms with Crippen molar-refractivity contribution in [1.29, 1.82) is 0 Å². The van der Waals surface area contributed by atoms with Crippen molar-refractivity contribution in [3.05, 3.63) is 11.2 Å². The number of nitrogens with two attached hydrogens (primary N) is 1. The van der Waals surface area contributed by atoms with Gasteiger partial charge in [-0.25, -0.2) is 18.1 Å². The Morgan fingerprint density at radius 1 is 1.67 bits per heavy atom. The van der Waals surface area contributed by atoms with Crippen LogP contribution in [0.5, 0.6) is 0 Å². The van der Waals surface area contributed by atoms with Crippen LogP contribution >= 0.6 is 11.3 Å². The Kier molecular flexibility index (Phi) is 4.21. The number of aryl methyl sites for hydroxylation is 1. The summed E-state index contributed by atoms with van der Waals surface area (Å²) in [5.41, 5.74) is 5.52. The highest BCUT2D eigenvalue weighted by molar-refractivity contribution is 7.91. The number of hydrogen-bond acceptors (Lipinski definition) is 5. The summed E-state index contributed by atoms with van der Waals surface area (Å²) in [6.07, 6.45) is 1.99. The minimum atomic E-state index is -3.38.